The van der Waals surface area contributed by atoms with Gasteiger partial charge in [0.1, 0.15) is 5.54 Å². The summed E-state index contributed by atoms with van der Waals surface area (Å²) in [6.07, 6.45) is 5.88. The Morgan fingerprint density at radius 1 is 1.27 bits per heavy atom. The van der Waals surface area contributed by atoms with Crippen LogP contribution in [-0.4, -0.2) is 5.54 Å². The van der Waals surface area contributed by atoms with Crippen LogP contribution in [0.2, 0.25) is 0 Å². The van der Waals surface area contributed by atoms with E-state index in [2.05, 4.69) is 6.07 Å². The fourth-order valence-electron chi connectivity index (χ4n) is 2.40. The average molecular weight is 173 g/mol. The van der Waals surface area contributed by atoms with Gasteiger partial charge in [0.05, 0.1) is 6.07 Å². The molecule has 2 aliphatic rings. The van der Waals surface area contributed by atoms with E-state index < -0.39 is 5.54 Å². The fraction of sp³-hybridized carbons (Fsp3) is 0.875. The van der Waals surface area contributed by atoms with E-state index in [-0.39, 0.29) is 12.4 Å². The molecule has 3 heteroatoms. The lowest BCUT2D eigenvalue weighted by atomic mass is 9.49. The summed E-state index contributed by atoms with van der Waals surface area (Å²) in [7, 11) is 0. The molecule has 2 N–H and O–H groups in total. The van der Waals surface area contributed by atoms with Crippen molar-refractivity contribution in [3.8, 4) is 6.07 Å². The van der Waals surface area contributed by atoms with E-state index in [0.29, 0.717) is 5.41 Å². The second-order valence-corrected chi connectivity index (χ2v) is 3.98. The molecule has 0 aliphatic heterocycles. The summed E-state index contributed by atoms with van der Waals surface area (Å²) in [6.45, 7) is 0. The van der Waals surface area contributed by atoms with Crippen LogP contribution in [0.1, 0.15) is 32.1 Å². The highest BCUT2D eigenvalue weighted by Crippen LogP contribution is 2.59. The van der Waals surface area contributed by atoms with Crippen molar-refractivity contribution in [2.45, 2.75) is 37.6 Å². The van der Waals surface area contributed by atoms with Crippen LogP contribution in [-0.2, 0) is 0 Å². The summed E-state index contributed by atoms with van der Waals surface area (Å²) in [5, 5.41) is 8.62. The van der Waals surface area contributed by atoms with Gasteiger partial charge in [-0.05, 0) is 31.1 Å². The lowest BCUT2D eigenvalue weighted by molar-refractivity contribution is -0.0176. The van der Waals surface area contributed by atoms with Crippen molar-refractivity contribution in [1.82, 2.24) is 0 Å². The van der Waals surface area contributed by atoms with Gasteiger partial charge < -0.3 is 5.73 Å². The molecule has 0 aromatic carbocycles. The number of hydrogen-bond donors (Lipinski definition) is 1. The Morgan fingerprint density at radius 2 is 1.82 bits per heavy atom. The minimum absolute atomic E-state index is 0. The number of rotatable bonds is 0. The first-order valence-electron chi connectivity index (χ1n) is 3.88. The molecule has 0 aromatic rings. The summed E-state index contributed by atoms with van der Waals surface area (Å²) in [4.78, 5) is 0. The largest absolute Gasteiger partial charge is 0.313 e. The Bertz CT molecular complexity index is 195. The molecule has 1 spiro atoms. The number of nitrogens with zero attached hydrogens (tertiary/aromatic N) is 1. The summed E-state index contributed by atoms with van der Waals surface area (Å²) < 4.78 is 0. The van der Waals surface area contributed by atoms with E-state index >= 15 is 0 Å². The fourth-order valence-corrected chi connectivity index (χ4v) is 2.40. The number of hydrogen-bond acceptors (Lipinski definition) is 2. The normalized spacial score (nSPS) is 29.1. The predicted molar refractivity (Wildman–Crippen MR) is 45.3 cm³/mol. The van der Waals surface area contributed by atoms with Gasteiger partial charge in [0.2, 0.25) is 0 Å². The smallest absolute Gasteiger partial charge is 0.105 e. The molecule has 0 bridgehead atoms. The molecule has 0 aromatic heterocycles. The Kier molecular flexibility index (Phi) is 1.90. The van der Waals surface area contributed by atoms with E-state index in [4.69, 9.17) is 11.0 Å². The van der Waals surface area contributed by atoms with Crippen LogP contribution < -0.4 is 5.73 Å². The van der Waals surface area contributed by atoms with Crippen molar-refractivity contribution in [1.29, 1.82) is 5.26 Å². The molecule has 2 nitrogen and oxygen atoms in total. The zero-order valence-electron chi connectivity index (χ0n) is 6.47. The second-order valence-electron chi connectivity index (χ2n) is 3.98. The van der Waals surface area contributed by atoms with Crippen LogP contribution in [0.25, 0.3) is 0 Å². The Balaban J connectivity index is 0.000000605. The minimum Gasteiger partial charge on any atom is -0.313 e. The van der Waals surface area contributed by atoms with Gasteiger partial charge in [-0.15, -0.1) is 12.4 Å². The Morgan fingerprint density at radius 3 is 2.09 bits per heavy atom. The van der Waals surface area contributed by atoms with Crippen molar-refractivity contribution < 1.29 is 0 Å². The van der Waals surface area contributed by atoms with Gasteiger partial charge in [-0.25, -0.2) is 0 Å². The molecule has 11 heavy (non-hydrogen) atoms. The third-order valence-corrected chi connectivity index (χ3v) is 3.02. The second kappa shape index (κ2) is 2.36. The molecule has 62 valence electrons. The highest BCUT2D eigenvalue weighted by molar-refractivity contribution is 5.85. The molecule has 0 radical (unpaired) electrons. The zero-order valence-corrected chi connectivity index (χ0v) is 7.28. The van der Waals surface area contributed by atoms with Crippen molar-refractivity contribution in [2.24, 2.45) is 11.1 Å². The number of halogens is 1. The summed E-state index contributed by atoms with van der Waals surface area (Å²) in [5.74, 6) is 0. The van der Waals surface area contributed by atoms with Crippen LogP contribution in [0.15, 0.2) is 0 Å². The lowest BCUT2D eigenvalue weighted by Gasteiger charge is -2.56. The first-order valence-corrected chi connectivity index (χ1v) is 3.88. The van der Waals surface area contributed by atoms with Crippen LogP contribution in [0, 0.1) is 16.7 Å². The van der Waals surface area contributed by atoms with E-state index in [9.17, 15) is 0 Å². The first kappa shape index (κ1) is 8.83. The molecule has 0 heterocycles. The highest BCUT2D eigenvalue weighted by atomic mass is 35.5. The Hall–Kier alpha value is -0.260. The maximum absolute atomic E-state index is 8.62. The van der Waals surface area contributed by atoms with Crippen LogP contribution >= 0.6 is 12.4 Å². The van der Waals surface area contributed by atoms with Gasteiger partial charge >= 0.3 is 0 Å². The monoisotopic (exact) mass is 172 g/mol. The molecular weight excluding hydrogens is 160 g/mol. The van der Waals surface area contributed by atoms with Crippen LogP contribution in [0.3, 0.4) is 0 Å². The van der Waals surface area contributed by atoms with Crippen molar-refractivity contribution >= 4 is 12.4 Å². The van der Waals surface area contributed by atoms with Gasteiger partial charge in [-0.2, -0.15) is 5.26 Å². The lowest BCUT2D eigenvalue weighted by Crippen LogP contribution is -2.59. The zero-order chi connectivity index (χ0) is 7.24. The highest BCUT2D eigenvalue weighted by Gasteiger charge is 2.55. The van der Waals surface area contributed by atoms with E-state index in [1.54, 1.807) is 0 Å². The molecule has 0 atom stereocenters. The summed E-state index contributed by atoms with van der Waals surface area (Å²) in [5.41, 5.74) is 5.81. The molecule has 0 unspecified atom stereocenters. The maximum Gasteiger partial charge on any atom is 0.105 e. The topological polar surface area (TPSA) is 49.8 Å². The summed E-state index contributed by atoms with van der Waals surface area (Å²) >= 11 is 0. The minimum atomic E-state index is -0.444. The Labute approximate surface area is 73.2 Å². The van der Waals surface area contributed by atoms with Gasteiger partial charge in [-0.1, -0.05) is 6.42 Å². The molecular formula is C8H13ClN2. The average Bonchev–Trinajstić information content (AvgIpc) is 1.77. The van der Waals surface area contributed by atoms with Gasteiger partial charge in [0.25, 0.3) is 0 Å². The standard InChI is InChI=1S/C8H12N2.ClH/c9-6-8(10)4-7(5-8)2-1-3-7;/h1-5,10H2;1H. The number of nitrogens with two attached hydrogens (primary N) is 1. The third kappa shape index (κ3) is 1.13. The first-order chi connectivity index (χ1) is 4.68. The molecule has 0 saturated heterocycles. The van der Waals surface area contributed by atoms with E-state index in [0.717, 1.165) is 12.8 Å². The molecule has 2 aliphatic carbocycles. The van der Waals surface area contributed by atoms with Crippen molar-refractivity contribution in [3.63, 3.8) is 0 Å². The maximum atomic E-state index is 8.62. The molecule has 2 saturated carbocycles. The third-order valence-electron chi connectivity index (χ3n) is 3.02. The van der Waals surface area contributed by atoms with E-state index in [1.807, 2.05) is 0 Å². The van der Waals surface area contributed by atoms with Gasteiger partial charge in [-0.3, -0.25) is 0 Å². The van der Waals surface area contributed by atoms with Gasteiger partial charge in [0.15, 0.2) is 0 Å². The van der Waals surface area contributed by atoms with E-state index in [1.165, 1.54) is 19.3 Å². The van der Waals surface area contributed by atoms with Crippen molar-refractivity contribution in [2.75, 3.05) is 0 Å². The van der Waals surface area contributed by atoms with Crippen LogP contribution in [0.4, 0.5) is 0 Å². The SMILES string of the molecule is Cl.N#CC1(N)CC2(CCC2)C1. The van der Waals surface area contributed by atoms with Crippen molar-refractivity contribution in [3.05, 3.63) is 0 Å². The summed E-state index contributed by atoms with van der Waals surface area (Å²) in [6, 6.07) is 2.18. The molecule has 2 fully saturated rings. The predicted octanol–water partition coefficient (Wildman–Crippen LogP) is 1.59. The van der Waals surface area contributed by atoms with Gasteiger partial charge in [0, 0.05) is 0 Å². The quantitative estimate of drug-likeness (QED) is 0.604. The van der Waals surface area contributed by atoms with Crippen LogP contribution in [0.5, 0.6) is 0 Å². The number of nitriles is 1. The molecule has 0 amide bonds. The molecule has 2 rings (SSSR count).